The van der Waals surface area contributed by atoms with Gasteiger partial charge in [-0.3, -0.25) is 14.9 Å². The van der Waals surface area contributed by atoms with Gasteiger partial charge in [0.05, 0.1) is 4.92 Å². The van der Waals surface area contributed by atoms with E-state index in [4.69, 9.17) is 4.74 Å². The molecule has 5 heteroatoms. The first-order chi connectivity index (χ1) is 16.0. The molecule has 0 heterocycles. The SMILES string of the molecule is CC(=O)O[C@H]1CC[C@@]2(C)C(=C([N+](=O)[O-])C[C@@H]3[C@H]4CC[C@@H]([C@H](C)CCCC(C)C)[C@]4(C)CC[C@H]32)C1. The Morgan fingerprint density at radius 3 is 2.44 bits per heavy atom. The molecule has 0 aromatic rings. The molecule has 4 rings (SSSR count). The van der Waals surface area contributed by atoms with E-state index >= 15 is 0 Å². The number of ether oxygens (including phenoxy) is 1. The molecule has 0 radical (unpaired) electrons. The van der Waals surface area contributed by atoms with Gasteiger partial charge >= 0.3 is 5.97 Å². The van der Waals surface area contributed by atoms with Crippen molar-refractivity contribution >= 4 is 5.97 Å². The Morgan fingerprint density at radius 1 is 1.06 bits per heavy atom. The number of nitrogens with zero attached hydrogens (tertiary/aromatic N) is 1. The summed E-state index contributed by atoms with van der Waals surface area (Å²) in [6, 6.07) is 0. The maximum Gasteiger partial charge on any atom is 0.302 e. The van der Waals surface area contributed by atoms with Crippen molar-refractivity contribution in [3.05, 3.63) is 21.4 Å². The number of hydrogen-bond donors (Lipinski definition) is 0. The van der Waals surface area contributed by atoms with Crippen LogP contribution in [0.2, 0.25) is 0 Å². The van der Waals surface area contributed by atoms with E-state index in [1.807, 2.05) is 0 Å². The first-order valence-corrected chi connectivity index (χ1v) is 14.0. The van der Waals surface area contributed by atoms with Crippen LogP contribution in [0.25, 0.3) is 0 Å². The van der Waals surface area contributed by atoms with Gasteiger partial charge in [-0.1, -0.05) is 53.9 Å². The van der Waals surface area contributed by atoms with Gasteiger partial charge in [0.1, 0.15) is 6.10 Å². The number of rotatable bonds is 7. The fourth-order valence-corrected chi connectivity index (χ4v) is 9.29. The first-order valence-electron chi connectivity index (χ1n) is 14.0. The smallest absolute Gasteiger partial charge is 0.302 e. The lowest BCUT2D eigenvalue weighted by Crippen LogP contribution is -2.52. The molecule has 5 nitrogen and oxygen atoms in total. The highest BCUT2D eigenvalue weighted by Crippen LogP contribution is 2.68. The molecule has 4 aliphatic carbocycles. The number of carbonyl (C=O) groups excluding carboxylic acids is 1. The normalized spacial score (nSPS) is 40.4. The summed E-state index contributed by atoms with van der Waals surface area (Å²) in [7, 11) is 0. The van der Waals surface area contributed by atoms with Crippen molar-refractivity contribution < 1.29 is 14.5 Å². The maximum atomic E-state index is 12.3. The summed E-state index contributed by atoms with van der Waals surface area (Å²) in [5, 5.41) is 12.3. The minimum absolute atomic E-state index is 0.0904. The van der Waals surface area contributed by atoms with E-state index in [1.54, 1.807) is 0 Å². The molecule has 192 valence electrons. The third kappa shape index (κ3) is 4.46. The van der Waals surface area contributed by atoms with Gasteiger partial charge in [-0.2, -0.15) is 0 Å². The van der Waals surface area contributed by atoms with Gasteiger partial charge < -0.3 is 4.74 Å². The van der Waals surface area contributed by atoms with Crippen LogP contribution in [0.1, 0.15) is 112 Å². The summed E-state index contributed by atoms with van der Waals surface area (Å²) in [5.74, 6) is 3.53. The Balaban J connectivity index is 1.58. The van der Waals surface area contributed by atoms with Crippen LogP contribution in [-0.4, -0.2) is 17.0 Å². The van der Waals surface area contributed by atoms with E-state index in [-0.39, 0.29) is 22.4 Å². The van der Waals surface area contributed by atoms with Gasteiger partial charge in [0.2, 0.25) is 5.70 Å². The molecule has 0 aromatic carbocycles. The summed E-state index contributed by atoms with van der Waals surface area (Å²) in [4.78, 5) is 23.8. The van der Waals surface area contributed by atoms with E-state index in [0.717, 1.165) is 36.2 Å². The molecule has 0 spiro atoms. The van der Waals surface area contributed by atoms with Gasteiger partial charge in [-0.05, 0) is 84.9 Å². The zero-order chi connectivity index (χ0) is 24.8. The largest absolute Gasteiger partial charge is 0.462 e. The number of carbonyl (C=O) groups is 1. The number of fused-ring (bicyclic) bond motifs is 5. The van der Waals surface area contributed by atoms with E-state index in [0.29, 0.717) is 41.7 Å². The highest BCUT2D eigenvalue weighted by Gasteiger charge is 2.61. The van der Waals surface area contributed by atoms with Crippen molar-refractivity contribution in [1.29, 1.82) is 0 Å². The predicted molar refractivity (Wildman–Crippen MR) is 135 cm³/mol. The second-order valence-corrected chi connectivity index (χ2v) is 13.2. The molecule has 0 bridgehead atoms. The topological polar surface area (TPSA) is 69.4 Å². The predicted octanol–water partition coefficient (Wildman–Crippen LogP) is 7.56. The van der Waals surface area contributed by atoms with Crippen molar-refractivity contribution in [3.8, 4) is 0 Å². The summed E-state index contributed by atoms with van der Waals surface area (Å²) >= 11 is 0. The van der Waals surface area contributed by atoms with Gasteiger partial charge in [0, 0.05) is 25.3 Å². The highest BCUT2D eigenvalue weighted by molar-refractivity contribution is 5.66. The minimum atomic E-state index is -0.279. The van der Waals surface area contributed by atoms with Crippen LogP contribution in [0.5, 0.6) is 0 Å². The van der Waals surface area contributed by atoms with Crippen molar-refractivity contribution in [3.63, 3.8) is 0 Å². The van der Waals surface area contributed by atoms with Crippen molar-refractivity contribution in [2.75, 3.05) is 0 Å². The minimum Gasteiger partial charge on any atom is -0.462 e. The number of allylic oxidation sites excluding steroid dienone is 1. The second kappa shape index (κ2) is 9.58. The van der Waals surface area contributed by atoms with E-state index in [9.17, 15) is 14.9 Å². The van der Waals surface area contributed by atoms with Crippen LogP contribution in [-0.2, 0) is 9.53 Å². The fraction of sp³-hybridized carbons (Fsp3) is 0.897. The quantitative estimate of drug-likeness (QED) is 0.217. The Hall–Kier alpha value is -1.39. The van der Waals surface area contributed by atoms with Crippen LogP contribution in [0.15, 0.2) is 11.3 Å². The van der Waals surface area contributed by atoms with Crippen LogP contribution in [0.3, 0.4) is 0 Å². The number of nitro groups is 1. The van der Waals surface area contributed by atoms with Gasteiger partial charge in [-0.25, -0.2) is 0 Å². The average molecular weight is 474 g/mol. The molecular formula is C29H47NO4. The molecule has 3 saturated carbocycles. The van der Waals surface area contributed by atoms with Crippen LogP contribution < -0.4 is 0 Å². The average Bonchev–Trinajstić information content (AvgIpc) is 3.10. The number of hydrogen-bond acceptors (Lipinski definition) is 4. The van der Waals surface area contributed by atoms with Crippen LogP contribution >= 0.6 is 0 Å². The maximum absolute atomic E-state index is 12.3. The third-order valence-electron chi connectivity index (χ3n) is 10.9. The number of esters is 1. The van der Waals surface area contributed by atoms with Crippen LogP contribution in [0.4, 0.5) is 0 Å². The summed E-state index contributed by atoms with van der Waals surface area (Å²) in [6.07, 6.45) is 11.6. The van der Waals surface area contributed by atoms with Gasteiger partial charge in [-0.15, -0.1) is 0 Å². The van der Waals surface area contributed by atoms with Gasteiger partial charge in [0.25, 0.3) is 0 Å². The van der Waals surface area contributed by atoms with Crippen molar-refractivity contribution in [1.82, 2.24) is 0 Å². The Kier molecular flexibility index (Phi) is 7.24. The Labute approximate surface area is 206 Å². The molecule has 0 aromatic heterocycles. The molecule has 34 heavy (non-hydrogen) atoms. The molecule has 0 amide bonds. The molecule has 0 saturated heterocycles. The zero-order valence-electron chi connectivity index (χ0n) is 22.4. The molecular weight excluding hydrogens is 426 g/mol. The first kappa shape index (κ1) is 25.7. The lowest BCUT2D eigenvalue weighted by molar-refractivity contribution is -0.434. The monoisotopic (exact) mass is 473 g/mol. The van der Waals surface area contributed by atoms with Crippen molar-refractivity contribution in [2.45, 2.75) is 118 Å². The summed E-state index contributed by atoms with van der Waals surface area (Å²) < 4.78 is 5.53. The lowest BCUT2D eigenvalue weighted by Gasteiger charge is -2.58. The lowest BCUT2D eigenvalue weighted by atomic mass is 9.46. The summed E-state index contributed by atoms with van der Waals surface area (Å²) in [5.41, 5.74) is 1.66. The Morgan fingerprint density at radius 2 is 1.79 bits per heavy atom. The second-order valence-electron chi connectivity index (χ2n) is 13.2. The molecule has 8 atom stereocenters. The molecule has 3 fully saturated rings. The molecule has 0 aliphatic heterocycles. The van der Waals surface area contributed by atoms with E-state index in [2.05, 4.69) is 34.6 Å². The third-order valence-corrected chi connectivity index (χ3v) is 10.9. The molecule has 4 aliphatic rings. The summed E-state index contributed by atoms with van der Waals surface area (Å²) in [6.45, 7) is 13.4. The molecule has 0 N–H and O–H groups in total. The Bertz CT molecular complexity index is 834. The molecule has 0 unspecified atom stereocenters. The van der Waals surface area contributed by atoms with E-state index < -0.39 is 0 Å². The standard InChI is InChI=1S/C29H47NO4/c1-18(2)8-7-9-19(3)23-10-11-24-22-17-27(30(32)33)26-16-21(34-20(4)31)12-14-29(26,6)25(22)13-15-28(23,24)5/h18-19,21-25H,7-17H2,1-6H3/t19-,21+,22-,23+,24-,25-,28+,29-/m1/s1. The van der Waals surface area contributed by atoms with E-state index in [1.165, 1.54) is 51.9 Å². The van der Waals surface area contributed by atoms with Crippen molar-refractivity contribution in [2.24, 2.45) is 46.3 Å². The van der Waals surface area contributed by atoms with Crippen LogP contribution in [0, 0.1) is 56.5 Å². The highest BCUT2D eigenvalue weighted by atomic mass is 16.6. The fourth-order valence-electron chi connectivity index (χ4n) is 9.29. The zero-order valence-corrected chi connectivity index (χ0v) is 22.4. The van der Waals surface area contributed by atoms with Gasteiger partial charge in [0.15, 0.2) is 0 Å².